The molecule has 4 aromatic carbocycles. The molecule has 0 saturated heterocycles. The van der Waals surface area contributed by atoms with Gasteiger partial charge in [0.1, 0.15) is 0 Å². The summed E-state index contributed by atoms with van der Waals surface area (Å²) in [7, 11) is 0. The lowest BCUT2D eigenvalue weighted by Gasteiger charge is -2.27. The van der Waals surface area contributed by atoms with Crippen LogP contribution in [0.3, 0.4) is 0 Å². The van der Waals surface area contributed by atoms with E-state index in [0.29, 0.717) is 17.8 Å². The summed E-state index contributed by atoms with van der Waals surface area (Å²) in [5, 5.41) is 6.60. The van der Waals surface area contributed by atoms with Crippen LogP contribution in [0.5, 0.6) is 0 Å². The lowest BCUT2D eigenvalue weighted by molar-refractivity contribution is 0.633. The molecule has 2 nitrogen and oxygen atoms in total. The monoisotopic (exact) mass is 554 g/mol. The van der Waals surface area contributed by atoms with E-state index in [1.807, 2.05) is 0 Å². The third kappa shape index (κ3) is 6.93. The maximum absolute atomic E-state index is 5.40. The number of hydrogen-bond acceptors (Lipinski definition) is 2. The predicted octanol–water partition coefficient (Wildman–Crippen LogP) is 10.7. The van der Waals surface area contributed by atoms with Crippen LogP contribution in [0.15, 0.2) is 103 Å². The molecule has 2 heteroatoms. The number of aromatic nitrogens is 1. The van der Waals surface area contributed by atoms with Crippen molar-refractivity contribution in [3.05, 3.63) is 131 Å². The fraction of sp³-hybridized carbons (Fsp3) is 0.325. The molecule has 1 N–H and O–H groups in total. The molecule has 0 bridgehead atoms. The van der Waals surface area contributed by atoms with Crippen molar-refractivity contribution in [1.82, 2.24) is 4.98 Å². The summed E-state index contributed by atoms with van der Waals surface area (Å²) in [6.45, 7) is 13.8. The standard InChI is InChI=1S/C40H46N2/c1-27(2)24-31-15-8-10-20-35(31)40(42-39-32(25-28(3)4)17-11-18-33(39)26-29(5)6)38-23-13-22-37(41-38)36-21-12-16-30-14-7-9-19-34(30)36/h7-23,27-29,40,42H,24-26H2,1-6H3. The molecule has 0 aliphatic carbocycles. The van der Waals surface area contributed by atoms with Gasteiger partial charge in [0.2, 0.25) is 0 Å². The largest absolute Gasteiger partial charge is 0.372 e. The van der Waals surface area contributed by atoms with Gasteiger partial charge in [0, 0.05) is 11.3 Å². The van der Waals surface area contributed by atoms with Gasteiger partial charge in [0.25, 0.3) is 0 Å². The Morgan fingerprint density at radius 2 is 1.10 bits per heavy atom. The van der Waals surface area contributed by atoms with E-state index in [0.717, 1.165) is 30.7 Å². The van der Waals surface area contributed by atoms with E-state index in [1.165, 1.54) is 44.3 Å². The Hall–Kier alpha value is -3.91. The van der Waals surface area contributed by atoms with Gasteiger partial charge >= 0.3 is 0 Å². The van der Waals surface area contributed by atoms with E-state index in [9.17, 15) is 0 Å². The molecule has 0 spiro atoms. The van der Waals surface area contributed by atoms with Gasteiger partial charge in [-0.05, 0) is 82.2 Å². The van der Waals surface area contributed by atoms with Gasteiger partial charge in [0.05, 0.1) is 17.4 Å². The van der Waals surface area contributed by atoms with Crippen LogP contribution in [0.4, 0.5) is 5.69 Å². The SMILES string of the molecule is CC(C)Cc1ccccc1C(Nc1c(CC(C)C)cccc1CC(C)C)c1cccc(-c2cccc3ccccc23)n1. The second kappa shape index (κ2) is 13.4. The normalized spacial score (nSPS) is 12.4. The van der Waals surface area contributed by atoms with Crippen LogP contribution in [0.25, 0.3) is 22.0 Å². The zero-order valence-corrected chi connectivity index (χ0v) is 26.2. The zero-order chi connectivity index (χ0) is 29.6. The highest BCUT2D eigenvalue weighted by Gasteiger charge is 2.23. The molecule has 0 radical (unpaired) electrons. The number of hydrogen-bond donors (Lipinski definition) is 1. The Morgan fingerprint density at radius 1 is 0.548 bits per heavy atom. The van der Waals surface area contributed by atoms with E-state index in [-0.39, 0.29) is 6.04 Å². The van der Waals surface area contributed by atoms with Crippen LogP contribution in [0.2, 0.25) is 0 Å². The Balaban J connectivity index is 1.68. The zero-order valence-electron chi connectivity index (χ0n) is 26.2. The van der Waals surface area contributed by atoms with Crippen LogP contribution in [0.1, 0.15) is 75.5 Å². The van der Waals surface area contributed by atoms with E-state index in [1.54, 1.807) is 0 Å². The van der Waals surface area contributed by atoms with Crippen molar-refractivity contribution < 1.29 is 0 Å². The number of anilines is 1. The molecule has 1 atom stereocenters. The molecule has 1 heterocycles. The third-order valence-corrected chi connectivity index (χ3v) is 7.91. The summed E-state index contributed by atoms with van der Waals surface area (Å²) >= 11 is 0. The minimum absolute atomic E-state index is 0.0749. The third-order valence-electron chi connectivity index (χ3n) is 7.91. The summed E-state index contributed by atoms with van der Waals surface area (Å²) < 4.78 is 0. The second-order valence-electron chi connectivity index (χ2n) is 13.0. The van der Waals surface area contributed by atoms with Crippen molar-refractivity contribution in [1.29, 1.82) is 0 Å². The first-order valence-electron chi connectivity index (χ1n) is 15.7. The van der Waals surface area contributed by atoms with Gasteiger partial charge in [0.15, 0.2) is 0 Å². The molecule has 0 saturated carbocycles. The first-order chi connectivity index (χ1) is 20.3. The van der Waals surface area contributed by atoms with Crippen molar-refractivity contribution >= 4 is 16.5 Å². The van der Waals surface area contributed by atoms with Crippen LogP contribution >= 0.6 is 0 Å². The highest BCUT2D eigenvalue weighted by Crippen LogP contribution is 2.36. The quantitative estimate of drug-likeness (QED) is 0.176. The molecular formula is C40H46N2. The van der Waals surface area contributed by atoms with E-state index >= 15 is 0 Å². The minimum atomic E-state index is -0.0749. The van der Waals surface area contributed by atoms with Crippen molar-refractivity contribution in [2.45, 2.75) is 66.8 Å². The van der Waals surface area contributed by atoms with Gasteiger partial charge in [-0.15, -0.1) is 0 Å². The predicted molar refractivity (Wildman–Crippen MR) is 181 cm³/mol. The number of rotatable bonds is 11. The van der Waals surface area contributed by atoms with Gasteiger partial charge in [-0.1, -0.05) is 133 Å². The molecule has 0 aliphatic heterocycles. The summed E-state index contributed by atoms with van der Waals surface area (Å²) in [6.07, 6.45) is 3.11. The number of pyridine rings is 1. The number of fused-ring (bicyclic) bond motifs is 1. The molecule has 1 aromatic heterocycles. The topological polar surface area (TPSA) is 24.9 Å². The van der Waals surface area contributed by atoms with Crippen molar-refractivity contribution in [2.24, 2.45) is 17.8 Å². The average molecular weight is 555 g/mol. The highest BCUT2D eigenvalue weighted by atomic mass is 15.0. The Labute approximate surface area is 253 Å². The van der Waals surface area contributed by atoms with E-state index < -0.39 is 0 Å². The Bertz CT molecular complexity index is 1590. The fourth-order valence-corrected chi connectivity index (χ4v) is 6.17. The molecule has 5 rings (SSSR count). The molecule has 5 aromatic rings. The van der Waals surface area contributed by atoms with Crippen LogP contribution in [-0.4, -0.2) is 4.98 Å². The van der Waals surface area contributed by atoms with E-state index in [4.69, 9.17) is 4.98 Å². The molecule has 42 heavy (non-hydrogen) atoms. The van der Waals surface area contributed by atoms with Crippen molar-refractivity contribution in [2.75, 3.05) is 5.32 Å². The lowest BCUT2D eigenvalue weighted by atomic mass is 9.90. The maximum Gasteiger partial charge on any atom is 0.0943 e. The van der Waals surface area contributed by atoms with Crippen LogP contribution in [-0.2, 0) is 19.3 Å². The number of nitrogens with zero attached hydrogens (tertiary/aromatic N) is 1. The average Bonchev–Trinajstić information content (AvgIpc) is 2.96. The van der Waals surface area contributed by atoms with E-state index in [2.05, 4.69) is 150 Å². The molecule has 216 valence electrons. The van der Waals surface area contributed by atoms with Crippen molar-refractivity contribution in [3.63, 3.8) is 0 Å². The van der Waals surface area contributed by atoms with Crippen molar-refractivity contribution in [3.8, 4) is 11.3 Å². The van der Waals surface area contributed by atoms with Gasteiger partial charge < -0.3 is 5.32 Å². The number of benzene rings is 4. The molecular weight excluding hydrogens is 508 g/mol. The smallest absolute Gasteiger partial charge is 0.0943 e. The minimum Gasteiger partial charge on any atom is -0.372 e. The molecule has 0 amide bonds. The molecule has 0 fully saturated rings. The summed E-state index contributed by atoms with van der Waals surface area (Å²) in [4.78, 5) is 5.40. The maximum atomic E-state index is 5.40. The Morgan fingerprint density at radius 3 is 1.81 bits per heavy atom. The summed E-state index contributed by atoms with van der Waals surface area (Å²) in [6, 6.07) is 37.4. The van der Waals surface area contributed by atoms with Crippen LogP contribution < -0.4 is 5.32 Å². The second-order valence-corrected chi connectivity index (χ2v) is 13.0. The summed E-state index contributed by atoms with van der Waals surface area (Å²) in [5.41, 5.74) is 9.98. The first-order valence-corrected chi connectivity index (χ1v) is 15.7. The fourth-order valence-electron chi connectivity index (χ4n) is 6.17. The molecule has 0 aliphatic rings. The number of para-hydroxylation sites is 1. The van der Waals surface area contributed by atoms with Gasteiger partial charge in [-0.2, -0.15) is 0 Å². The molecule has 1 unspecified atom stereocenters. The van der Waals surface area contributed by atoms with Gasteiger partial charge in [-0.3, -0.25) is 4.98 Å². The number of nitrogens with one attached hydrogen (secondary N) is 1. The lowest BCUT2D eigenvalue weighted by Crippen LogP contribution is -2.19. The Kier molecular flexibility index (Phi) is 9.42. The van der Waals surface area contributed by atoms with Crippen LogP contribution in [0, 0.1) is 17.8 Å². The van der Waals surface area contributed by atoms with Gasteiger partial charge in [-0.25, -0.2) is 0 Å². The summed E-state index contributed by atoms with van der Waals surface area (Å²) in [5.74, 6) is 1.70. The first kappa shape index (κ1) is 29.6. The highest BCUT2D eigenvalue weighted by molar-refractivity contribution is 5.95.